The van der Waals surface area contributed by atoms with Crippen LogP contribution >= 0.6 is 8.03 Å². The molecule has 1 rings (SSSR count). The van der Waals surface area contributed by atoms with Crippen LogP contribution in [0.3, 0.4) is 0 Å². The monoisotopic (exact) mass is 211 g/mol. The van der Waals surface area contributed by atoms with E-state index in [2.05, 4.69) is 12.1 Å². The lowest BCUT2D eigenvalue weighted by atomic mass is 10.1. The first-order valence-electron chi connectivity index (χ1n) is 4.96. The Morgan fingerprint density at radius 1 is 1.07 bits per heavy atom. The van der Waals surface area contributed by atoms with Crippen LogP contribution in [0, 0.1) is 0 Å². The van der Waals surface area contributed by atoms with Crippen LogP contribution in [0.2, 0.25) is 0 Å². The van der Waals surface area contributed by atoms with Crippen LogP contribution in [0.4, 0.5) is 0 Å². The first-order valence-corrected chi connectivity index (χ1v) is 6.36. The third kappa shape index (κ3) is 5.11. The summed E-state index contributed by atoms with van der Waals surface area (Å²) in [6.07, 6.45) is 4.52. The van der Waals surface area contributed by atoms with Crippen LogP contribution < -0.4 is 0 Å². The Balaban J connectivity index is 2.08. The van der Waals surface area contributed by atoms with Crippen LogP contribution in [-0.2, 0) is 11.0 Å². The second kappa shape index (κ2) is 6.69. The minimum Gasteiger partial charge on any atom is -0.161 e. The highest BCUT2D eigenvalue weighted by atomic mass is 31.1. The molecule has 0 amide bonds. The van der Waals surface area contributed by atoms with Crippen molar-refractivity contribution in [2.24, 2.45) is 0 Å². The van der Waals surface area contributed by atoms with Gasteiger partial charge in [-0.1, -0.05) is 30.3 Å². The van der Waals surface area contributed by atoms with E-state index < -0.39 is 8.03 Å². The van der Waals surface area contributed by atoms with Gasteiger partial charge < -0.3 is 0 Å². The summed E-state index contributed by atoms with van der Waals surface area (Å²) in [5.74, 6) is 0. The Morgan fingerprint density at radius 2 is 1.79 bits per heavy atom. The van der Waals surface area contributed by atoms with E-state index in [1.54, 1.807) is 0 Å². The van der Waals surface area contributed by atoms with Crippen molar-refractivity contribution in [1.29, 1.82) is 0 Å². The maximum absolute atomic E-state index is 10.4. The molecule has 1 aromatic rings. The molecule has 1 N–H and O–H groups in total. The average molecular weight is 211 g/mol. The predicted octanol–water partition coefficient (Wildman–Crippen LogP) is 3.13. The number of unbranched alkanes of at least 4 members (excludes halogenated alkanes) is 2. The fourth-order valence-electron chi connectivity index (χ4n) is 1.40. The molecular weight excluding hydrogens is 195 g/mol. The van der Waals surface area contributed by atoms with Crippen molar-refractivity contribution in [1.82, 2.24) is 0 Å². The molecule has 2 nitrogen and oxygen atoms in total. The molecule has 0 aromatic heterocycles. The smallest absolute Gasteiger partial charge is 0.161 e. The van der Waals surface area contributed by atoms with Gasteiger partial charge in [0.05, 0.1) is 0 Å². The second-order valence-corrected chi connectivity index (χ2v) is 4.52. The van der Waals surface area contributed by atoms with Crippen LogP contribution in [0.1, 0.15) is 24.8 Å². The maximum atomic E-state index is 10.4. The minimum absolute atomic E-state index is 0.449. The van der Waals surface area contributed by atoms with Gasteiger partial charge in [-0.3, -0.25) is 0 Å². The predicted molar refractivity (Wildman–Crippen MR) is 58.7 cm³/mol. The fourth-order valence-corrected chi connectivity index (χ4v) is 1.89. The molecule has 76 valence electrons. The quantitative estimate of drug-likeness (QED) is 0.579. The summed E-state index contributed by atoms with van der Waals surface area (Å²) in [4.78, 5) is 8.58. The first kappa shape index (κ1) is 11.4. The zero-order valence-corrected chi connectivity index (χ0v) is 9.12. The molecule has 1 aromatic carbocycles. The average Bonchev–Trinajstić information content (AvgIpc) is 2.18. The van der Waals surface area contributed by atoms with E-state index in [9.17, 15) is 4.57 Å². The summed E-state index contributed by atoms with van der Waals surface area (Å²) in [7, 11) is -1.92. The van der Waals surface area contributed by atoms with E-state index in [1.807, 2.05) is 18.2 Å². The Kier molecular flexibility index (Phi) is 5.43. The topological polar surface area (TPSA) is 37.3 Å². The van der Waals surface area contributed by atoms with Gasteiger partial charge in [0.15, 0.2) is 6.16 Å². The van der Waals surface area contributed by atoms with Gasteiger partial charge in [0.25, 0.3) is 0 Å². The summed E-state index contributed by atoms with van der Waals surface area (Å²) in [5.41, 5.74) is 1.35. The molecule has 0 spiro atoms. The molecule has 0 aliphatic heterocycles. The lowest BCUT2D eigenvalue weighted by Gasteiger charge is -1.98. The van der Waals surface area contributed by atoms with Crippen molar-refractivity contribution in [3.05, 3.63) is 35.9 Å². The summed E-state index contributed by atoms with van der Waals surface area (Å²) >= 11 is 0. The van der Waals surface area contributed by atoms with Crippen molar-refractivity contribution in [2.75, 3.05) is 6.16 Å². The number of rotatable bonds is 6. The van der Waals surface area contributed by atoms with Gasteiger partial charge in [-0.15, -0.1) is 0 Å². The molecule has 0 fully saturated rings. The van der Waals surface area contributed by atoms with Crippen LogP contribution in [0.25, 0.3) is 0 Å². The fraction of sp³-hybridized carbons (Fsp3) is 0.455. The Morgan fingerprint density at radius 3 is 2.43 bits per heavy atom. The van der Waals surface area contributed by atoms with Crippen LogP contribution in [0.15, 0.2) is 30.3 Å². The van der Waals surface area contributed by atoms with Crippen molar-refractivity contribution in [3.63, 3.8) is 0 Å². The molecule has 3 heteroatoms. The van der Waals surface area contributed by atoms with E-state index in [0.717, 1.165) is 25.7 Å². The number of aryl methyl sites for hydroxylation is 1. The van der Waals surface area contributed by atoms with Gasteiger partial charge in [0.2, 0.25) is 0 Å². The molecule has 0 saturated carbocycles. The van der Waals surface area contributed by atoms with Crippen molar-refractivity contribution >= 4 is 8.03 Å². The maximum Gasteiger partial charge on any atom is 0.505 e. The third-order valence-corrected chi connectivity index (χ3v) is 2.86. The number of hydrogen-bond acceptors (Lipinski definition) is 1. The Bertz CT molecular complexity index is 272. The van der Waals surface area contributed by atoms with Gasteiger partial charge in [-0.05, 0) is 35.8 Å². The van der Waals surface area contributed by atoms with Gasteiger partial charge in [0, 0.05) is 0 Å². The first-order chi connectivity index (χ1) is 6.79. The number of benzene rings is 1. The van der Waals surface area contributed by atoms with E-state index in [4.69, 9.17) is 4.89 Å². The van der Waals surface area contributed by atoms with Crippen LogP contribution in [0.5, 0.6) is 0 Å². The van der Waals surface area contributed by atoms with E-state index in [1.165, 1.54) is 5.56 Å². The van der Waals surface area contributed by atoms with E-state index in [-0.39, 0.29) is 0 Å². The summed E-state index contributed by atoms with van der Waals surface area (Å²) in [6.45, 7) is 0. The zero-order valence-electron chi connectivity index (χ0n) is 8.22. The molecule has 0 radical (unpaired) electrons. The SMILES string of the molecule is O=[P+](O)CCCCCc1ccccc1. The second-order valence-electron chi connectivity index (χ2n) is 3.37. The summed E-state index contributed by atoms with van der Waals surface area (Å²) in [6, 6.07) is 10.3. The zero-order chi connectivity index (χ0) is 10.2. The summed E-state index contributed by atoms with van der Waals surface area (Å²) in [5, 5.41) is 0. The van der Waals surface area contributed by atoms with Crippen LogP contribution in [-0.4, -0.2) is 11.1 Å². The lowest BCUT2D eigenvalue weighted by molar-refractivity contribution is 0.499. The molecule has 0 aliphatic rings. The van der Waals surface area contributed by atoms with E-state index in [0.29, 0.717) is 6.16 Å². The largest absolute Gasteiger partial charge is 0.505 e. The highest BCUT2D eigenvalue weighted by molar-refractivity contribution is 7.37. The van der Waals surface area contributed by atoms with Crippen molar-refractivity contribution in [2.45, 2.75) is 25.7 Å². The molecule has 14 heavy (non-hydrogen) atoms. The third-order valence-electron chi connectivity index (χ3n) is 2.16. The molecular formula is C11H16O2P+. The summed E-state index contributed by atoms with van der Waals surface area (Å²) < 4.78 is 10.4. The lowest BCUT2D eigenvalue weighted by Crippen LogP contribution is -1.86. The molecule has 0 bridgehead atoms. The molecule has 0 heterocycles. The number of hydrogen-bond donors (Lipinski definition) is 1. The Labute approximate surface area is 85.8 Å². The Hall–Kier alpha value is -0.720. The highest BCUT2D eigenvalue weighted by Gasteiger charge is 2.07. The van der Waals surface area contributed by atoms with Gasteiger partial charge >= 0.3 is 8.03 Å². The normalized spacial score (nSPS) is 11.4. The molecule has 0 aliphatic carbocycles. The standard InChI is InChI=1S/C11H15O2P/c12-14(13)10-6-2-5-9-11-7-3-1-4-8-11/h1,3-4,7-8H,2,5-6,9-10H2/p+1. The van der Waals surface area contributed by atoms with E-state index >= 15 is 0 Å². The van der Waals surface area contributed by atoms with Crippen molar-refractivity contribution < 1.29 is 9.46 Å². The molecule has 0 saturated heterocycles. The van der Waals surface area contributed by atoms with Gasteiger partial charge in [0.1, 0.15) is 0 Å². The van der Waals surface area contributed by atoms with Gasteiger partial charge in [-0.25, -0.2) is 0 Å². The minimum atomic E-state index is -1.92. The van der Waals surface area contributed by atoms with Gasteiger partial charge in [-0.2, -0.15) is 4.89 Å². The highest BCUT2D eigenvalue weighted by Crippen LogP contribution is 2.16. The molecule has 1 unspecified atom stereocenters. The van der Waals surface area contributed by atoms with Crippen molar-refractivity contribution in [3.8, 4) is 0 Å². The molecule has 1 atom stereocenters.